The van der Waals surface area contributed by atoms with E-state index in [1.165, 1.54) is 4.90 Å². The first kappa shape index (κ1) is 17.9. The van der Waals surface area contributed by atoms with Gasteiger partial charge in [0, 0.05) is 44.9 Å². The van der Waals surface area contributed by atoms with Crippen molar-refractivity contribution in [3.63, 3.8) is 0 Å². The standard InChI is InChI=1S/C16H23F2N3O4/c17-16(18)3-7-20(8-4-16)14(23)11-1-5-21(6-2-11)15(24)19-12-9-13(22)25-10-12/h11-12H,1-10H2,(H,19,24)/t12-/m0/s1. The van der Waals surface area contributed by atoms with Gasteiger partial charge in [-0.15, -0.1) is 0 Å². The Bertz CT molecular complexity index is 539. The molecule has 1 atom stereocenters. The molecule has 0 bridgehead atoms. The number of hydrogen-bond donors (Lipinski definition) is 1. The average molecular weight is 359 g/mol. The molecule has 25 heavy (non-hydrogen) atoms. The van der Waals surface area contributed by atoms with Crippen LogP contribution in [0.15, 0.2) is 0 Å². The third kappa shape index (κ3) is 4.38. The molecule has 0 radical (unpaired) electrons. The predicted molar refractivity (Wildman–Crippen MR) is 83.0 cm³/mol. The molecule has 0 aliphatic carbocycles. The molecule has 0 aromatic carbocycles. The van der Waals surface area contributed by atoms with Crippen LogP contribution in [0.1, 0.15) is 32.1 Å². The van der Waals surface area contributed by atoms with E-state index < -0.39 is 5.92 Å². The monoisotopic (exact) mass is 359 g/mol. The van der Waals surface area contributed by atoms with Crippen molar-refractivity contribution in [1.29, 1.82) is 0 Å². The van der Waals surface area contributed by atoms with Crippen molar-refractivity contribution in [2.24, 2.45) is 5.92 Å². The summed E-state index contributed by atoms with van der Waals surface area (Å²) in [6.45, 7) is 1.27. The molecule has 3 rings (SSSR count). The highest BCUT2D eigenvalue weighted by Gasteiger charge is 2.38. The van der Waals surface area contributed by atoms with Gasteiger partial charge in [-0.05, 0) is 12.8 Å². The first-order valence-electron chi connectivity index (χ1n) is 8.72. The highest BCUT2D eigenvalue weighted by Crippen LogP contribution is 2.29. The smallest absolute Gasteiger partial charge is 0.317 e. The van der Waals surface area contributed by atoms with Crippen LogP contribution in [-0.2, 0) is 14.3 Å². The number of carbonyl (C=O) groups is 3. The van der Waals surface area contributed by atoms with E-state index in [0.717, 1.165) is 0 Å². The Morgan fingerprint density at radius 2 is 1.72 bits per heavy atom. The summed E-state index contributed by atoms with van der Waals surface area (Å²) < 4.78 is 31.2. The maximum absolute atomic E-state index is 13.2. The van der Waals surface area contributed by atoms with Gasteiger partial charge in [0.05, 0.1) is 12.5 Å². The van der Waals surface area contributed by atoms with Gasteiger partial charge in [0.1, 0.15) is 6.61 Å². The van der Waals surface area contributed by atoms with E-state index >= 15 is 0 Å². The van der Waals surface area contributed by atoms with Crippen LogP contribution in [-0.4, -0.2) is 72.5 Å². The number of hydrogen-bond acceptors (Lipinski definition) is 4. The third-order valence-corrected chi connectivity index (χ3v) is 5.12. The molecule has 3 amide bonds. The van der Waals surface area contributed by atoms with Gasteiger partial charge in [-0.2, -0.15) is 0 Å². The summed E-state index contributed by atoms with van der Waals surface area (Å²) in [5.41, 5.74) is 0. The van der Waals surface area contributed by atoms with Gasteiger partial charge in [-0.3, -0.25) is 9.59 Å². The highest BCUT2D eigenvalue weighted by atomic mass is 19.3. The van der Waals surface area contributed by atoms with Crippen LogP contribution in [0.3, 0.4) is 0 Å². The van der Waals surface area contributed by atoms with Crippen LogP contribution in [0, 0.1) is 5.92 Å². The number of nitrogens with one attached hydrogen (secondary N) is 1. The SMILES string of the molecule is O=C1C[C@H](NC(=O)N2CCC(C(=O)N3CCC(F)(F)CC3)CC2)CO1. The van der Waals surface area contributed by atoms with Crippen molar-refractivity contribution in [3.8, 4) is 0 Å². The number of amides is 3. The van der Waals surface area contributed by atoms with Crippen molar-refractivity contribution in [1.82, 2.24) is 15.1 Å². The topological polar surface area (TPSA) is 79.0 Å². The van der Waals surface area contributed by atoms with Crippen LogP contribution in [0.5, 0.6) is 0 Å². The number of ether oxygens (including phenoxy) is 1. The largest absolute Gasteiger partial charge is 0.463 e. The second kappa shape index (κ2) is 7.13. The Labute approximate surface area is 144 Å². The van der Waals surface area contributed by atoms with E-state index in [-0.39, 0.29) is 68.8 Å². The first-order valence-corrected chi connectivity index (χ1v) is 8.72. The Hall–Kier alpha value is -1.93. The van der Waals surface area contributed by atoms with Crippen LogP contribution in [0.25, 0.3) is 0 Å². The normalized spacial score (nSPS) is 27.1. The minimum atomic E-state index is -2.66. The second-order valence-electron chi connectivity index (χ2n) is 6.98. The molecule has 0 unspecified atom stereocenters. The molecule has 3 fully saturated rings. The van der Waals surface area contributed by atoms with E-state index in [9.17, 15) is 23.2 Å². The molecule has 140 valence electrons. The lowest BCUT2D eigenvalue weighted by atomic mass is 9.94. The zero-order valence-electron chi connectivity index (χ0n) is 14.0. The van der Waals surface area contributed by atoms with E-state index in [1.54, 1.807) is 4.90 Å². The molecule has 7 nitrogen and oxygen atoms in total. The lowest BCUT2D eigenvalue weighted by molar-refractivity contribution is -0.143. The van der Waals surface area contributed by atoms with Crippen LogP contribution < -0.4 is 5.32 Å². The van der Waals surface area contributed by atoms with Gasteiger partial charge in [-0.25, -0.2) is 13.6 Å². The van der Waals surface area contributed by atoms with Gasteiger partial charge < -0.3 is 19.9 Å². The van der Waals surface area contributed by atoms with Gasteiger partial charge in [-0.1, -0.05) is 0 Å². The van der Waals surface area contributed by atoms with Crippen molar-refractivity contribution in [2.75, 3.05) is 32.8 Å². The molecular formula is C16H23F2N3O4. The summed E-state index contributed by atoms with van der Waals surface area (Å²) in [6.07, 6.45) is 0.684. The minimum Gasteiger partial charge on any atom is -0.463 e. The van der Waals surface area contributed by atoms with E-state index in [1.807, 2.05) is 0 Å². The van der Waals surface area contributed by atoms with Gasteiger partial charge in [0.25, 0.3) is 5.92 Å². The maximum atomic E-state index is 13.2. The van der Waals surface area contributed by atoms with Crippen molar-refractivity contribution in [3.05, 3.63) is 0 Å². The number of likely N-dealkylation sites (tertiary alicyclic amines) is 2. The Morgan fingerprint density at radius 3 is 2.28 bits per heavy atom. The fourth-order valence-corrected chi connectivity index (χ4v) is 3.51. The molecular weight excluding hydrogens is 336 g/mol. The van der Waals surface area contributed by atoms with E-state index in [2.05, 4.69) is 5.32 Å². The summed E-state index contributed by atoms with van der Waals surface area (Å²) in [5, 5.41) is 2.76. The summed E-state index contributed by atoms with van der Waals surface area (Å²) in [4.78, 5) is 38.8. The van der Waals surface area contributed by atoms with Crippen molar-refractivity contribution in [2.45, 2.75) is 44.1 Å². The zero-order valence-corrected chi connectivity index (χ0v) is 14.0. The van der Waals surface area contributed by atoms with Crippen molar-refractivity contribution < 1.29 is 27.9 Å². The maximum Gasteiger partial charge on any atom is 0.317 e. The molecule has 1 N–H and O–H groups in total. The van der Waals surface area contributed by atoms with Gasteiger partial charge in [0.2, 0.25) is 5.91 Å². The number of halogens is 2. The fourth-order valence-electron chi connectivity index (χ4n) is 3.51. The average Bonchev–Trinajstić information content (AvgIpc) is 2.99. The van der Waals surface area contributed by atoms with E-state index in [4.69, 9.17) is 4.74 Å². The Balaban J connectivity index is 1.43. The molecule has 3 heterocycles. The van der Waals surface area contributed by atoms with Crippen LogP contribution >= 0.6 is 0 Å². The Morgan fingerprint density at radius 1 is 1.08 bits per heavy atom. The molecule has 0 saturated carbocycles. The van der Waals surface area contributed by atoms with Crippen molar-refractivity contribution >= 4 is 17.9 Å². The van der Waals surface area contributed by atoms with E-state index in [0.29, 0.717) is 25.9 Å². The molecule has 3 saturated heterocycles. The number of alkyl halides is 2. The molecule has 9 heteroatoms. The summed E-state index contributed by atoms with van der Waals surface area (Å²) in [5.74, 6) is -3.27. The molecule has 3 aliphatic heterocycles. The van der Waals surface area contributed by atoms with Crippen LogP contribution in [0.4, 0.5) is 13.6 Å². The lowest BCUT2D eigenvalue weighted by Crippen LogP contribution is -2.51. The number of carbonyl (C=O) groups excluding carboxylic acids is 3. The lowest BCUT2D eigenvalue weighted by Gasteiger charge is -2.37. The third-order valence-electron chi connectivity index (χ3n) is 5.12. The molecule has 0 spiro atoms. The predicted octanol–water partition coefficient (Wildman–Crippen LogP) is 0.981. The zero-order chi connectivity index (χ0) is 18.0. The summed E-state index contributed by atoms with van der Waals surface area (Å²) >= 11 is 0. The second-order valence-corrected chi connectivity index (χ2v) is 6.98. The number of cyclic esters (lactones) is 1. The number of urea groups is 1. The number of esters is 1. The summed E-state index contributed by atoms with van der Waals surface area (Å²) in [7, 11) is 0. The Kier molecular flexibility index (Phi) is 5.10. The molecule has 0 aromatic heterocycles. The summed E-state index contributed by atoms with van der Waals surface area (Å²) in [6, 6.07) is -0.554. The quantitative estimate of drug-likeness (QED) is 0.746. The molecule has 3 aliphatic rings. The number of piperidine rings is 2. The fraction of sp³-hybridized carbons (Fsp3) is 0.812. The number of nitrogens with zero attached hydrogens (tertiary/aromatic N) is 2. The van der Waals surface area contributed by atoms with Gasteiger partial charge >= 0.3 is 12.0 Å². The first-order chi connectivity index (χ1) is 11.8. The highest BCUT2D eigenvalue weighted by molar-refractivity contribution is 5.80. The van der Waals surface area contributed by atoms with Crippen LogP contribution in [0.2, 0.25) is 0 Å². The molecule has 0 aromatic rings. The minimum absolute atomic E-state index is 0.0784. The van der Waals surface area contributed by atoms with Gasteiger partial charge in [0.15, 0.2) is 0 Å². The number of rotatable bonds is 2.